The van der Waals surface area contributed by atoms with Crippen LogP contribution in [-0.4, -0.2) is 59.5 Å². The molecule has 0 bridgehead atoms. The zero-order valence-electron chi connectivity index (χ0n) is 18.4. The Morgan fingerprint density at radius 1 is 1.21 bits per heavy atom. The predicted molar refractivity (Wildman–Crippen MR) is 120 cm³/mol. The van der Waals surface area contributed by atoms with Crippen LogP contribution in [0.3, 0.4) is 0 Å². The van der Waals surface area contributed by atoms with E-state index in [4.69, 9.17) is 0 Å². The third-order valence-corrected chi connectivity index (χ3v) is 6.40. The number of halogens is 2. The monoisotopic (exact) mass is 454 g/mol. The summed E-state index contributed by atoms with van der Waals surface area (Å²) in [6.45, 7) is 4.87. The third kappa shape index (κ3) is 3.70. The van der Waals surface area contributed by atoms with Crippen molar-refractivity contribution in [1.82, 2.24) is 19.8 Å². The molecule has 2 amide bonds. The Morgan fingerprint density at radius 2 is 1.97 bits per heavy atom. The van der Waals surface area contributed by atoms with Crippen LogP contribution in [-0.2, 0) is 11.3 Å². The molecule has 4 heterocycles. The second-order valence-electron chi connectivity index (χ2n) is 8.44. The average Bonchev–Trinajstić information content (AvgIpc) is 3.14. The van der Waals surface area contributed by atoms with Gasteiger partial charge in [-0.25, -0.2) is 9.37 Å². The number of amides is 2. The van der Waals surface area contributed by atoms with Crippen LogP contribution < -0.4 is 15.5 Å². The molecule has 0 aliphatic carbocycles. The predicted octanol–water partition coefficient (Wildman–Crippen LogP) is 2.51. The summed E-state index contributed by atoms with van der Waals surface area (Å²) in [7, 11) is 1.47. The smallest absolute Gasteiger partial charge is 0.269 e. The highest BCUT2D eigenvalue weighted by Crippen LogP contribution is 2.35. The molecule has 2 aliphatic rings. The van der Waals surface area contributed by atoms with Crippen LogP contribution in [0.2, 0.25) is 0 Å². The Kier molecular flexibility index (Phi) is 5.24. The van der Waals surface area contributed by atoms with E-state index in [2.05, 4.69) is 20.5 Å². The van der Waals surface area contributed by atoms with Crippen LogP contribution in [0.5, 0.6) is 0 Å². The minimum Gasteiger partial charge on any atom is -0.365 e. The van der Waals surface area contributed by atoms with E-state index in [0.717, 1.165) is 5.56 Å². The molecule has 0 spiro atoms. The minimum atomic E-state index is -0.668. The molecule has 33 heavy (non-hydrogen) atoms. The number of aromatic nitrogens is 2. The lowest BCUT2D eigenvalue weighted by Gasteiger charge is -2.36. The summed E-state index contributed by atoms with van der Waals surface area (Å²) in [5, 5.41) is 5.82. The van der Waals surface area contributed by atoms with E-state index in [1.165, 1.54) is 19.3 Å². The average molecular weight is 454 g/mol. The largest absolute Gasteiger partial charge is 0.365 e. The number of nitrogens with zero attached hydrogens (tertiary/aromatic N) is 4. The van der Waals surface area contributed by atoms with Gasteiger partial charge >= 0.3 is 0 Å². The number of carbonyl (C=O) groups excluding carboxylic acids is 2. The summed E-state index contributed by atoms with van der Waals surface area (Å²) in [6.07, 6.45) is 1.39. The molecule has 2 N–H and O–H groups in total. The molecule has 1 atom stereocenters. The van der Waals surface area contributed by atoms with E-state index in [-0.39, 0.29) is 17.4 Å². The van der Waals surface area contributed by atoms with Crippen molar-refractivity contribution in [3.8, 4) is 0 Å². The maximum absolute atomic E-state index is 14.6. The molecular formula is C23H24F2N6O2. The highest BCUT2D eigenvalue weighted by atomic mass is 19.1. The van der Waals surface area contributed by atoms with E-state index in [1.54, 1.807) is 17.6 Å². The highest BCUT2D eigenvalue weighted by molar-refractivity contribution is 6.06. The Labute approximate surface area is 189 Å². The summed E-state index contributed by atoms with van der Waals surface area (Å²) in [4.78, 5) is 31.8. The minimum absolute atomic E-state index is 0.0410. The van der Waals surface area contributed by atoms with Gasteiger partial charge in [0.05, 0.1) is 16.9 Å². The first-order chi connectivity index (χ1) is 15.9. The van der Waals surface area contributed by atoms with Gasteiger partial charge in [-0.15, -0.1) is 0 Å². The van der Waals surface area contributed by atoms with Gasteiger partial charge in [-0.05, 0) is 36.8 Å². The van der Waals surface area contributed by atoms with Gasteiger partial charge in [0.15, 0.2) is 0 Å². The van der Waals surface area contributed by atoms with Crippen LogP contribution in [0.1, 0.15) is 29.0 Å². The number of hydrogen-bond donors (Lipinski definition) is 2. The van der Waals surface area contributed by atoms with Crippen LogP contribution >= 0.6 is 0 Å². The summed E-state index contributed by atoms with van der Waals surface area (Å²) < 4.78 is 30.8. The van der Waals surface area contributed by atoms with Gasteiger partial charge in [-0.3, -0.25) is 14.5 Å². The number of nitrogens with one attached hydrogen (secondary N) is 2. The maximum Gasteiger partial charge on any atom is 0.269 e. The van der Waals surface area contributed by atoms with E-state index < -0.39 is 17.9 Å². The molecule has 2 aromatic heterocycles. The van der Waals surface area contributed by atoms with Crippen LogP contribution in [0.15, 0.2) is 30.5 Å². The molecule has 3 aromatic rings. The van der Waals surface area contributed by atoms with E-state index in [9.17, 15) is 18.4 Å². The van der Waals surface area contributed by atoms with E-state index in [1.807, 2.05) is 17.0 Å². The molecule has 0 radical (unpaired) electrons. The molecule has 1 saturated heterocycles. The lowest BCUT2D eigenvalue weighted by Crippen LogP contribution is -2.46. The molecule has 1 fully saturated rings. The number of pyridine rings is 1. The lowest BCUT2D eigenvalue weighted by molar-refractivity contribution is -0.118. The van der Waals surface area contributed by atoms with Crippen molar-refractivity contribution >= 4 is 34.1 Å². The summed E-state index contributed by atoms with van der Waals surface area (Å²) in [6, 6.07) is 6.37. The zero-order valence-corrected chi connectivity index (χ0v) is 18.4. The second-order valence-corrected chi connectivity index (χ2v) is 8.44. The van der Waals surface area contributed by atoms with Crippen molar-refractivity contribution in [2.45, 2.75) is 19.5 Å². The van der Waals surface area contributed by atoms with E-state index >= 15 is 0 Å². The van der Waals surface area contributed by atoms with Crippen molar-refractivity contribution in [3.05, 3.63) is 53.5 Å². The Bertz CT molecular complexity index is 1270. The van der Waals surface area contributed by atoms with E-state index in [0.29, 0.717) is 55.0 Å². The molecule has 8 nitrogen and oxygen atoms in total. The first-order valence-electron chi connectivity index (χ1n) is 10.9. The summed E-state index contributed by atoms with van der Waals surface area (Å²) >= 11 is 0. The van der Waals surface area contributed by atoms with Crippen molar-refractivity contribution < 1.29 is 18.4 Å². The number of hydrogen-bond acceptors (Lipinski definition) is 5. The summed E-state index contributed by atoms with van der Waals surface area (Å²) in [5.41, 5.74) is 2.64. The fourth-order valence-corrected chi connectivity index (χ4v) is 4.59. The fraction of sp³-hybridized carbons (Fsp3) is 0.348. The van der Waals surface area contributed by atoms with Gasteiger partial charge in [0, 0.05) is 51.4 Å². The Hall–Kier alpha value is -3.53. The Balaban J connectivity index is 1.30. The van der Waals surface area contributed by atoms with Crippen LogP contribution in [0, 0.1) is 11.8 Å². The maximum atomic E-state index is 14.6. The number of carbonyl (C=O) groups is 2. The molecule has 0 saturated carbocycles. The molecule has 1 unspecified atom stereocenters. The highest BCUT2D eigenvalue weighted by Gasteiger charge is 2.28. The quantitative estimate of drug-likeness (QED) is 0.592. The Morgan fingerprint density at radius 3 is 2.67 bits per heavy atom. The molecule has 2 aliphatic heterocycles. The third-order valence-electron chi connectivity index (χ3n) is 6.40. The van der Waals surface area contributed by atoms with Crippen molar-refractivity contribution in [3.63, 3.8) is 0 Å². The van der Waals surface area contributed by atoms with Crippen LogP contribution in [0.25, 0.3) is 10.9 Å². The molecule has 5 rings (SSSR count). The van der Waals surface area contributed by atoms with Crippen molar-refractivity contribution in [2.75, 3.05) is 43.4 Å². The second kappa shape index (κ2) is 8.11. The van der Waals surface area contributed by atoms with Gasteiger partial charge in [-0.1, -0.05) is 0 Å². The van der Waals surface area contributed by atoms with Gasteiger partial charge in [-0.2, -0.15) is 4.39 Å². The lowest BCUT2D eigenvalue weighted by atomic mass is 10.1. The molecule has 172 valence electrons. The summed E-state index contributed by atoms with van der Waals surface area (Å²) in [5.74, 6) is -1.61. The van der Waals surface area contributed by atoms with Gasteiger partial charge in [0.2, 0.25) is 11.9 Å². The van der Waals surface area contributed by atoms with Gasteiger partial charge in [0.25, 0.3) is 5.91 Å². The number of piperazine rings is 1. The van der Waals surface area contributed by atoms with Crippen LogP contribution in [0.4, 0.5) is 20.2 Å². The topological polar surface area (TPSA) is 82.5 Å². The first-order valence-corrected chi connectivity index (χ1v) is 10.9. The van der Waals surface area contributed by atoms with Gasteiger partial charge in [0.1, 0.15) is 17.6 Å². The first kappa shape index (κ1) is 21.3. The number of benzene rings is 1. The standard InChI is InChI=1S/C23H24F2N6O2/c1-13-22(32)28-18-10-14(9-15-16(24)12-31(13)20(15)18)11-29-5-7-30(8-6-29)19-4-3-17(23(33)26-2)27-21(19)25/h3-4,9-10,12-13H,5-8,11H2,1-2H3,(H,26,33)(H,28,32). The zero-order chi connectivity index (χ0) is 23.3. The van der Waals surface area contributed by atoms with Crippen molar-refractivity contribution in [2.24, 2.45) is 0 Å². The normalized spacial score (nSPS) is 18.5. The van der Waals surface area contributed by atoms with Crippen molar-refractivity contribution in [1.29, 1.82) is 0 Å². The number of anilines is 2. The molecule has 10 heteroatoms. The van der Waals surface area contributed by atoms with Gasteiger partial charge < -0.3 is 20.1 Å². The molecule has 1 aromatic carbocycles. The molecular weight excluding hydrogens is 430 g/mol. The fourth-order valence-electron chi connectivity index (χ4n) is 4.59. The number of rotatable bonds is 4. The SMILES string of the molecule is CNC(=O)c1ccc(N2CCN(Cc3cc4c5c(c3)c(F)cn5C(C)C(=O)N4)CC2)c(F)n1.